The molecule has 0 aliphatic rings. The van der Waals surface area contributed by atoms with Crippen LogP contribution in [0.4, 0.5) is 4.79 Å². The monoisotopic (exact) mass is 374 g/mol. The number of nitrogens with one attached hydrogen (secondary N) is 2. The number of carbonyl (C=O) groups excluding carboxylic acids is 4. The van der Waals surface area contributed by atoms with Crippen molar-refractivity contribution < 1.29 is 33.8 Å². The lowest BCUT2D eigenvalue weighted by Gasteiger charge is -2.24. The minimum atomic E-state index is -1.38. The molecule has 0 fully saturated rings. The number of amides is 4. The van der Waals surface area contributed by atoms with E-state index < -0.39 is 47.5 Å². The highest BCUT2D eigenvalue weighted by Crippen LogP contribution is 2.08. The Morgan fingerprint density at radius 1 is 0.923 bits per heavy atom. The fourth-order valence-corrected chi connectivity index (χ4v) is 1.82. The van der Waals surface area contributed by atoms with Gasteiger partial charge in [-0.05, 0) is 33.6 Å². The highest BCUT2D eigenvalue weighted by molar-refractivity contribution is 5.90. The van der Waals surface area contributed by atoms with Crippen LogP contribution in [0.5, 0.6) is 0 Å². The maximum atomic E-state index is 12.3. The van der Waals surface area contributed by atoms with Gasteiger partial charge in [-0.3, -0.25) is 14.4 Å². The lowest BCUT2D eigenvalue weighted by Crippen LogP contribution is -2.52. The minimum absolute atomic E-state index is 0.150. The van der Waals surface area contributed by atoms with Crippen LogP contribution in [0.15, 0.2) is 0 Å². The van der Waals surface area contributed by atoms with E-state index in [1.807, 2.05) is 0 Å². The molecule has 0 rings (SSSR count). The molecule has 2 atom stereocenters. The minimum Gasteiger partial charge on any atom is -0.480 e. The molecule has 0 spiro atoms. The van der Waals surface area contributed by atoms with E-state index >= 15 is 0 Å². The van der Waals surface area contributed by atoms with Gasteiger partial charge in [0.25, 0.3) is 0 Å². The van der Waals surface area contributed by atoms with Gasteiger partial charge in [-0.2, -0.15) is 0 Å². The summed E-state index contributed by atoms with van der Waals surface area (Å²) in [5.74, 6) is -3.64. The van der Waals surface area contributed by atoms with Crippen molar-refractivity contribution in [1.82, 2.24) is 10.6 Å². The molecule has 0 aliphatic carbocycles. The molecule has 0 aliphatic heterocycles. The molecular formula is C15H26N4O7. The Bertz CT molecular complexity index is 557. The molecule has 148 valence electrons. The fourth-order valence-electron chi connectivity index (χ4n) is 1.82. The van der Waals surface area contributed by atoms with Crippen LogP contribution in [0.1, 0.15) is 46.5 Å². The summed E-state index contributed by atoms with van der Waals surface area (Å²) < 4.78 is 5.03. The van der Waals surface area contributed by atoms with Gasteiger partial charge in [0.05, 0.1) is 0 Å². The third-order valence-corrected chi connectivity index (χ3v) is 2.98. The molecule has 11 nitrogen and oxygen atoms in total. The maximum Gasteiger partial charge on any atom is 0.408 e. The number of carboxylic acids is 1. The third-order valence-electron chi connectivity index (χ3n) is 2.98. The lowest BCUT2D eigenvalue weighted by molar-refractivity contribution is -0.142. The zero-order valence-electron chi connectivity index (χ0n) is 15.0. The number of hydrogen-bond donors (Lipinski definition) is 5. The second-order valence-electron chi connectivity index (χ2n) is 6.61. The number of alkyl carbamates (subject to hydrolysis) is 1. The summed E-state index contributed by atoms with van der Waals surface area (Å²) in [5, 5.41) is 13.6. The van der Waals surface area contributed by atoms with E-state index in [0.717, 1.165) is 0 Å². The molecule has 0 bridgehead atoms. The molecule has 0 saturated carbocycles. The van der Waals surface area contributed by atoms with E-state index in [2.05, 4.69) is 10.6 Å². The summed E-state index contributed by atoms with van der Waals surface area (Å²) in [5.41, 5.74) is 9.19. The van der Waals surface area contributed by atoms with Crippen molar-refractivity contribution in [2.45, 2.75) is 64.1 Å². The topological polar surface area (TPSA) is 191 Å². The summed E-state index contributed by atoms with van der Waals surface area (Å²) in [6.45, 7) is 4.86. The van der Waals surface area contributed by atoms with Gasteiger partial charge in [-0.25, -0.2) is 9.59 Å². The van der Waals surface area contributed by atoms with Crippen LogP contribution >= 0.6 is 0 Å². The van der Waals surface area contributed by atoms with E-state index in [-0.39, 0.29) is 25.7 Å². The van der Waals surface area contributed by atoms with Crippen molar-refractivity contribution in [3.63, 3.8) is 0 Å². The van der Waals surface area contributed by atoms with Gasteiger partial charge in [-0.1, -0.05) is 0 Å². The highest BCUT2D eigenvalue weighted by atomic mass is 16.6. The second kappa shape index (κ2) is 10.2. The molecule has 4 amide bonds. The van der Waals surface area contributed by atoms with Crippen molar-refractivity contribution in [3.05, 3.63) is 0 Å². The lowest BCUT2D eigenvalue weighted by atomic mass is 10.1. The standard InChI is InChI=1S/C15H26N4O7/c1-15(2,3)26-14(25)19-8(4-6-10(16)20)12(22)18-9(13(23)24)5-7-11(17)21/h8-9H,4-7H2,1-3H3,(H2,16,20)(H2,17,21)(H,18,22)(H,19,25)(H,23,24)/t8-,9+/m1/s1. The van der Waals surface area contributed by atoms with Gasteiger partial charge < -0.3 is 31.9 Å². The Hall–Kier alpha value is -2.85. The van der Waals surface area contributed by atoms with Gasteiger partial charge >= 0.3 is 12.1 Å². The van der Waals surface area contributed by atoms with E-state index in [0.29, 0.717) is 0 Å². The molecule has 0 radical (unpaired) electrons. The van der Waals surface area contributed by atoms with E-state index in [1.165, 1.54) is 0 Å². The van der Waals surface area contributed by atoms with Crippen molar-refractivity contribution >= 4 is 29.8 Å². The average molecular weight is 374 g/mol. The zero-order valence-corrected chi connectivity index (χ0v) is 15.0. The van der Waals surface area contributed by atoms with Crippen LogP contribution in [-0.2, 0) is 23.9 Å². The van der Waals surface area contributed by atoms with E-state index in [1.54, 1.807) is 20.8 Å². The maximum absolute atomic E-state index is 12.3. The number of aliphatic carboxylic acids is 1. The summed E-state index contributed by atoms with van der Waals surface area (Å²) in [4.78, 5) is 57.1. The van der Waals surface area contributed by atoms with Crippen molar-refractivity contribution in [2.24, 2.45) is 11.5 Å². The Kier molecular flexibility index (Phi) is 9.09. The number of carboxylic acid groups (broad SMARTS) is 1. The van der Waals surface area contributed by atoms with Gasteiger partial charge in [-0.15, -0.1) is 0 Å². The SMILES string of the molecule is CC(C)(C)OC(=O)N[C@H](CCC(N)=O)C(=O)N[C@@H](CCC(N)=O)C(=O)O. The Labute approximate surface area is 150 Å². The molecule has 0 aromatic rings. The van der Waals surface area contributed by atoms with Crippen LogP contribution in [-0.4, -0.2) is 52.6 Å². The number of carbonyl (C=O) groups is 5. The Morgan fingerprint density at radius 2 is 1.38 bits per heavy atom. The average Bonchev–Trinajstić information content (AvgIpc) is 2.44. The first-order valence-corrected chi connectivity index (χ1v) is 7.91. The van der Waals surface area contributed by atoms with Crippen LogP contribution in [0.25, 0.3) is 0 Å². The van der Waals surface area contributed by atoms with E-state index in [4.69, 9.17) is 21.3 Å². The molecule has 0 unspecified atom stereocenters. The Balaban J connectivity index is 5.05. The summed E-state index contributed by atoms with van der Waals surface area (Å²) in [6, 6.07) is -2.63. The Morgan fingerprint density at radius 3 is 1.77 bits per heavy atom. The predicted molar refractivity (Wildman–Crippen MR) is 89.6 cm³/mol. The van der Waals surface area contributed by atoms with Crippen molar-refractivity contribution in [1.29, 1.82) is 0 Å². The van der Waals surface area contributed by atoms with Gasteiger partial charge in [0.15, 0.2) is 0 Å². The molecule has 26 heavy (non-hydrogen) atoms. The quantitative estimate of drug-likeness (QED) is 0.323. The number of nitrogens with two attached hydrogens (primary N) is 2. The third kappa shape index (κ3) is 10.8. The van der Waals surface area contributed by atoms with E-state index in [9.17, 15) is 24.0 Å². The molecular weight excluding hydrogens is 348 g/mol. The van der Waals surface area contributed by atoms with Gasteiger partial charge in [0.2, 0.25) is 17.7 Å². The van der Waals surface area contributed by atoms with Crippen LogP contribution in [0.3, 0.4) is 0 Å². The van der Waals surface area contributed by atoms with Crippen molar-refractivity contribution in [2.75, 3.05) is 0 Å². The first kappa shape index (κ1) is 23.1. The second-order valence-corrected chi connectivity index (χ2v) is 6.61. The van der Waals surface area contributed by atoms with Crippen LogP contribution < -0.4 is 22.1 Å². The summed E-state index contributed by atoms with van der Waals surface area (Å²) in [7, 11) is 0. The van der Waals surface area contributed by atoms with Gasteiger partial charge in [0, 0.05) is 12.8 Å². The highest BCUT2D eigenvalue weighted by Gasteiger charge is 2.28. The predicted octanol–water partition coefficient (Wildman–Crippen LogP) is -1.02. The number of ether oxygens (including phenoxy) is 1. The number of primary amides is 2. The smallest absolute Gasteiger partial charge is 0.408 e. The van der Waals surface area contributed by atoms with Crippen LogP contribution in [0.2, 0.25) is 0 Å². The first-order chi connectivity index (χ1) is 11.8. The molecule has 0 aromatic heterocycles. The van der Waals surface area contributed by atoms with Crippen LogP contribution in [0, 0.1) is 0 Å². The van der Waals surface area contributed by atoms with Crippen molar-refractivity contribution in [3.8, 4) is 0 Å². The molecule has 0 heterocycles. The zero-order chi connectivity index (χ0) is 20.5. The summed E-state index contributed by atoms with van der Waals surface area (Å²) in [6.07, 6.45) is -1.74. The fraction of sp³-hybridized carbons (Fsp3) is 0.667. The number of hydrogen-bond acceptors (Lipinski definition) is 6. The first-order valence-electron chi connectivity index (χ1n) is 7.91. The molecule has 11 heteroatoms. The van der Waals surface area contributed by atoms with Gasteiger partial charge in [0.1, 0.15) is 17.7 Å². The largest absolute Gasteiger partial charge is 0.480 e. The summed E-state index contributed by atoms with van der Waals surface area (Å²) >= 11 is 0. The molecule has 0 aromatic carbocycles. The normalized spacial score (nSPS) is 13.2. The number of rotatable bonds is 10. The molecule has 7 N–H and O–H groups in total. The molecule has 0 saturated heterocycles.